The number of aromatic nitrogens is 2. The Bertz CT molecular complexity index is 1160. The number of rotatable bonds is 11. The molecule has 1 amide bonds. The summed E-state index contributed by atoms with van der Waals surface area (Å²) in [6.07, 6.45) is 1.64. The molecule has 2 heterocycles. The number of amides is 1. The Kier molecular flexibility index (Phi) is 8.04. The molecule has 0 saturated carbocycles. The van der Waals surface area contributed by atoms with Gasteiger partial charge >= 0.3 is 5.97 Å². The van der Waals surface area contributed by atoms with E-state index in [4.69, 9.17) is 9.84 Å². The van der Waals surface area contributed by atoms with Gasteiger partial charge in [0.25, 0.3) is 5.91 Å². The molecule has 0 atom stereocenters. The number of carbonyl (C=O) groups excluding carboxylic acids is 1. The fourth-order valence-electron chi connectivity index (χ4n) is 3.72. The van der Waals surface area contributed by atoms with E-state index in [2.05, 4.69) is 10.2 Å². The van der Waals surface area contributed by atoms with Crippen LogP contribution < -0.4 is 9.64 Å². The highest BCUT2D eigenvalue weighted by Crippen LogP contribution is 2.31. The van der Waals surface area contributed by atoms with Crippen LogP contribution in [-0.4, -0.2) is 64.9 Å². The normalized spacial score (nSPS) is 13.9. The number of carboxylic acid groups (broad SMARTS) is 1. The average Bonchev–Trinajstić information content (AvgIpc) is 3.31. The Morgan fingerprint density at radius 1 is 1.17 bits per heavy atom. The number of unbranched alkanes of at least 4 members (excludes halogenated alkanes) is 1. The molecule has 1 aliphatic rings. The molecule has 2 aromatic carbocycles. The van der Waals surface area contributed by atoms with Crippen LogP contribution in [-0.2, 0) is 4.79 Å². The minimum atomic E-state index is -0.748. The van der Waals surface area contributed by atoms with Gasteiger partial charge in [-0.1, -0.05) is 36.8 Å². The number of nitrogens with zero attached hydrogens (tertiary/aromatic N) is 4. The predicted molar refractivity (Wildman–Crippen MR) is 131 cm³/mol. The van der Waals surface area contributed by atoms with Gasteiger partial charge in [-0.2, -0.15) is 0 Å². The highest BCUT2D eigenvalue weighted by molar-refractivity contribution is 7.18. The van der Waals surface area contributed by atoms with Crippen molar-refractivity contribution in [1.29, 1.82) is 0 Å². The second-order valence-electron chi connectivity index (χ2n) is 8.35. The standard InChI is InChI=1S/C25H27FN4O4S/c1-2-3-12-30(23(31)20-6-4-5-7-21(20)26)25-28-27-22(35-25)17-8-10-19(11-9-17)34-14-13-29-15-18(16-29)24(32)33/h4-11,18H,2-3,12-16H2,1H3,(H,32,33). The van der Waals surface area contributed by atoms with Crippen LogP contribution in [0, 0.1) is 11.7 Å². The van der Waals surface area contributed by atoms with Crippen LogP contribution in [0.2, 0.25) is 0 Å². The van der Waals surface area contributed by atoms with Gasteiger partial charge in [-0.25, -0.2) is 4.39 Å². The molecule has 4 rings (SSSR count). The molecule has 8 nitrogen and oxygen atoms in total. The second kappa shape index (κ2) is 11.4. The minimum absolute atomic E-state index is 0.0126. The van der Waals surface area contributed by atoms with E-state index in [1.807, 2.05) is 36.1 Å². The van der Waals surface area contributed by atoms with Crippen molar-refractivity contribution in [2.24, 2.45) is 5.92 Å². The van der Waals surface area contributed by atoms with Crippen molar-refractivity contribution >= 4 is 28.3 Å². The molecular weight excluding hydrogens is 471 g/mol. The molecule has 35 heavy (non-hydrogen) atoms. The van der Waals surface area contributed by atoms with Crippen LogP contribution in [0.5, 0.6) is 5.75 Å². The third-order valence-corrected chi connectivity index (χ3v) is 6.81. The average molecular weight is 499 g/mol. The van der Waals surface area contributed by atoms with Crippen molar-refractivity contribution in [2.45, 2.75) is 19.8 Å². The fourth-order valence-corrected chi connectivity index (χ4v) is 4.59. The Hall–Kier alpha value is -3.37. The summed E-state index contributed by atoms with van der Waals surface area (Å²) in [5, 5.41) is 18.5. The zero-order valence-electron chi connectivity index (χ0n) is 19.4. The monoisotopic (exact) mass is 498 g/mol. The summed E-state index contributed by atoms with van der Waals surface area (Å²) in [7, 11) is 0. The summed E-state index contributed by atoms with van der Waals surface area (Å²) >= 11 is 1.28. The van der Waals surface area contributed by atoms with E-state index in [-0.39, 0.29) is 11.5 Å². The van der Waals surface area contributed by atoms with Crippen molar-refractivity contribution in [1.82, 2.24) is 15.1 Å². The lowest BCUT2D eigenvalue weighted by Crippen LogP contribution is -2.51. The highest BCUT2D eigenvalue weighted by atomic mass is 32.1. The zero-order valence-corrected chi connectivity index (χ0v) is 20.2. The van der Waals surface area contributed by atoms with E-state index in [1.54, 1.807) is 12.1 Å². The lowest BCUT2D eigenvalue weighted by atomic mass is 10.0. The van der Waals surface area contributed by atoms with E-state index >= 15 is 0 Å². The lowest BCUT2D eigenvalue weighted by molar-refractivity contribution is -0.147. The van der Waals surface area contributed by atoms with E-state index in [1.165, 1.54) is 28.4 Å². The van der Waals surface area contributed by atoms with Crippen molar-refractivity contribution in [3.8, 4) is 16.3 Å². The van der Waals surface area contributed by atoms with Gasteiger partial charge in [-0.05, 0) is 42.8 Å². The van der Waals surface area contributed by atoms with Crippen molar-refractivity contribution < 1.29 is 23.8 Å². The molecule has 1 aliphatic heterocycles. The number of anilines is 1. The van der Waals surface area contributed by atoms with Gasteiger partial charge in [0.2, 0.25) is 5.13 Å². The number of ether oxygens (including phenoxy) is 1. The molecule has 0 bridgehead atoms. The van der Waals surface area contributed by atoms with Gasteiger partial charge in [-0.15, -0.1) is 10.2 Å². The summed E-state index contributed by atoms with van der Waals surface area (Å²) in [5.41, 5.74) is 0.848. The van der Waals surface area contributed by atoms with Crippen LogP contribution in [0.3, 0.4) is 0 Å². The number of carbonyl (C=O) groups is 2. The Balaban J connectivity index is 1.38. The topological polar surface area (TPSA) is 95.9 Å². The number of benzene rings is 2. The molecule has 10 heteroatoms. The van der Waals surface area contributed by atoms with E-state index in [0.29, 0.717) is 48.7 Å². The number of halogens is 1. The first kappa shape index (κ1) is 24.7. The summed E-state index contributed by atoms with van der Waals surface area (Å²) in [6.45, 7) is 4.72. The summed E-state index contributed by atoms with van der Waals surface area (Å²) in [5.74, 6) is -1.31. The fraction of sp³-hybridized carbons (Fsp3) is 0.360. The molecular formula is C25H27FN4O4S. The molecule has 184 valence electrons. The zero-order chi connectivity index (χ0) is 24.8. The lowest BCUT2D eigenvalue weighted by Gasteiger charge is -2.36. The van der Waals surface area contributed by atoms with Gasteiger partial charge in [0.05, 0.1) is 11.5 Å². The first-order valence-electron chi connectivity index (χ1n) is 11.5. The van der Waals surface area contributed by atoms with Gasteiger partial charge in [0.15, 0.2) is 0 Å². The van der Waals surface area contributed by atoms with Crippen molar-refractivity contribution in [3.05, 3.63) is 59.9 Å². The summed E-state index contributed by atoms with van der Waals surface area (Å²) < 4.78 is 20.0. The second-order valence-corrected chi connectivity index (χ2v) is 9.30. The maximum absolute atomic E-state index is 14.2. The SMILES string of the molecule is CCCCN(C(=O)c1ccccc1F)c1nnc(-c2ccc(OCCN3CC(C(=O)O)C3)cc2)s1. The van der Waals surface area contributed by atoms with Crippen molar-refractivity contribution in [3.63, 3.8) is 0 Å². The molecule has 0 radical (unpaired) electrons. The van der Waals surface area contributed by atoms with Crippen molar-refractivity contribution in [2.75, 3.05) is 37.7 Å². The molecule has 1 fully saturated rings. The van der Waals surface area contributed by atoms with Gasteiger partial charge in [-0.3, -0.25) is 19.4 Å². The number of likely N-dealkylation sites (tertiary alicyclic amines) is 1. The van der Waals surface area contributed by atoms with Gasteiger partial charge in [0, 0.05) is 31.7 Å². The predicted octanol–water partition coefficient (Wildman–Crippen LogP) is 4.19. The highest BCUT2D eigenvalue weighted by Gasteiger charge is 2.31. The van der Waals surface area contributed by atoms with Crippen LogP contribution >= 0.6 is 11.3 Å². The summed E-state index contributed by atoms with van der Waals surface area (Å²) in [6, 6.07) is 13.4. The van der Waals surface area contributed by atoms with Gasteiger partial charge in [0.1, 0.15) is 23.2 Å². The van der Waals surface area contributed by atoms with Gasteiger partial charge < -0.3 is 9.84 Å². The number of hydrogen-bond acceptors (Lipinski definition) is 7. The molecule has 1 aromatic heterocycles. The minimum Gasteiger partial charge on any atom is -0.492 e. The molecule has 1 N–H and O–H groups in total. The molecule has 0 unspecified atom stereocenters. The first-order chi connectivity index (χ1) is 17.0. The maximum atomic E-state index is 14.2. The Labute approximate surface area is 207 Å². The van der Waals surface area contributed by atoms with Crippen LogP contribution in [0.4, 0.5) is 9.52 Å². The molecule has 0 aliphatic carbocycles. The van der Waals surface area contributed by atoms with Crippen LogP contribution in [0.15, 0.2) is 48.5 Å². The number of hydrogen-bond donors (Lipinski definition) is 1. The summed E-state index contributed by atoms with van der Waals surface area (Å²) in [4.78, 5) is 27.5. The number of aliphatic carboxylic acids is 1. The van der Waals surface area contributed by atoms with E-state index in [9.17, 15) is 14.0 Å². The largest absolute Gasteiger partial charge is 0.492 e. The van der Waals surface area contributed by atoms with Crippen LogP contribution in [0.25, 0.3) is 10.6 Å². The Morgan fingerprint density at radius 3 is 2.60 bits per heavy atom. The molecule has 1 saturated heterocycles. The van der Waals surface area contributed by atoms with E-state index < -0.39 is 17.7 Å². The third kappa shape index (κ3) is 6.01. The number of carboxylic acids is 1. The smallest absolute Gasteiger partial charge is 0.309 e. The first-order valence-corrected chi connectivity index (χ1v) is 12.4. The van der Waals surface area contributed by atoms with E-state index in [0.717, 1.165) is 18.4 Å². The quantitative estimate of drug-likeness (QED) is 0.424. The Morgan fingerprint density at radius 2 is 1.91 bits per heavy atom. The van der Waals surface area contributed by atoms with Crippen LogP contribution in [0.1, 0.15) is 30.1 Å². The molecule has 0 spiro atoms. The maximum Gasteiger partial charge on any atom is 0.309 e. The third-order valence-electron chi connectivity index (χ3n) is 5.81. The molecule has 3 aromatic rings.